The summed E-state index contributed by atoms with van der Waals surface area (Å²) in [6.07, 6.45) is 5.64. The van der Waals surface area contributed by atoms with Gasteiger partial charge in [-0.25, -0.2) is 0 Å². The Kier molecular flexibility index (Phi) is 1.78. The maximum atomic E-state index is 2.43. The van der Waals surface area contributed by atoms with Crippen LogP contribution in [0.2, 0.25) is 12.1 Å². The van der Waals surface area contributed by atoms with Gasteiger partial charge >= 0.3 is 0 Å². The van der Waals surface area contributed by atoms with Gasteiger partial charge in [0.1, 0.15) is 7.28 Å². The normalized spacial score (nSPS) is 28.4. The molecule has 0 spiro atoms. The van der Waals surface area contributed by atoms with Crippen molar-refractivity contribution in [3.05, 3.63) is 0 Å². The lowest BCUT2D eigenvalue weighted by molar-refractivity contribution is 0.645. The van der Waals surface area contributed by atoms with E-state index in [0.29, 0.717) is 0 Å². The summed E-state index contributed by atoms with van der Waals surface area (Å²) in [4.78, 5) is 0. The van der Waals surface area contributed by atoms with Crippen molar-refractivity contribution in [3.8, 4) is 0 Å². The fourth-order valence-corrected chi connectivity index (χ4v) is 1.04. The van der Waals surface area contributed by atoms with Crippen molar-refractivity contribution >= 4 is 7.28 Å². The minimum atomic E-state index is 1.00. The molecular weight excluding hydrogens is 82.9 g/mol. The maximum Gasteiger partial charge on any atom is 0.113 e. The zero-order chi connectivity index (χ0) is 5.11. The van der Waals surface area contributed by atoms with Crippen molar-refractivity contribution < 1.29 is 0 Å². The Bertz CT molecular complexity index is 48.1. The van der Waals surface area contributed by atoms with E-state index in [9.17, 15) is 0 Å². The van der Waals surface area contributed by atoms with Crippen LogP contribution in [0.5, 0.6) is 0 Å². The third-order valence-corrected chi connectivity index (χ3v) is 1.70. The van der Waals surface area contributed by atoms with Crippen LogP contribution in [0.4, 0.5) is 0 Å². The first-order valence-corrected chi connectivity index (χ1v) is 3.27. The molecule has 0 aliphatic carbocycles. The van der Waals surface area contributed by atoms with Crippen molar-refractivity contribution in [2.75, 3.05) is 0 Å². The molecule has 0 aromatic carbocycles. The van der Waals surface area contributed by atoms with Crippen molar-refractivity contribution in [1.82, 2.24) is 0 Å². The van der Waals surface area contributed by atoms with E-state index in [4.69, 9.17) is 0 Å². The van der Waals surface area contributed by atoms with Crippen LogP contribution in [0.3, 0.4) is 0 Å². The smallest absolute Gasteiger partial charge is 0.0804 e. The standard InChI is InChI=1S/C6H12B/c1-2-3-6-4-5-7-6/h6H,2-5H2,1H3. The molecule has 0 amide bonds. The molecule has 1 saturated heterocycles. The van der Waals surface area contributed by atoms with Crippen LogP contribution in [0.15, 0.2) is 0 Å². The Balaban J connectivity index is 1.93. The molecule has 1 aliphatic heterocycles. The monoisotopic (exact) mass is 95.1 g/mol. The Morgan fingerprint density at radius 2 is 2.43 bits per heavy atom. The lowest BCUT2D eigenvalue weighted by Gasteiger charge is -2.22. The molecule has 0 nitrogen and oxygen atoms in total. The molecule has 0 aromatic rings. The minimum Gasteiger partial charge on any atom is -0.0804 e. The average molecular weight is 95.0 g/mol. The van der Waals surface area contributed by atoms with Crippen LogP contribution in [-0.4, -0.2) is 7.28 Å². The lowest BCUT2D eigenvalue weighted by atomic mass is 9.47. The summed E-state index contributed by atoms with van der Waals surface area (Å²) in [5.74, 6) is 1.00. The summed E-state index contributed by atoms with van der Waals surface area (Å²) in [6, 6.07) is 0. The van der Waals surface area contributed by atoms with Crippen LogP contribution >= 0.6 is 0 Å². The third-order valence-electron chi connectivity index (χ3n) is 1.70. The third kappa shape index (κ3) is 1.22. The van der Waals surface area contributed by atoms with E-state index in [-0.39, 0.29) is 0 Å². The van der Waals surface area contributed by atoms with Gasteiger partial charge in [0.05, 0.1) is 0 Å². The first kappa shape index (κ1) is 5.21. The van der Waals surface area contributed by atoms with Gasteiger partial charge in [-0.05, 0) is 0 Å². The van der Waals surface area contributed by atoms with E-state index in [0.717, 1.165) is 5.82 Å². The fourth-order valence-electron chi connectivity index (χ4n) is 1.04. The predicted octanol–water partition coefficient (Wildman–Crippen LogP) is 2.10. The Hall–Kier alpha value is 0.0649. The second-order valence-corrected chi connectivity index (χ2v) is 2.36. The van der Waals surface area contributed by atoms with Gasteiger partial charge in [-0.15, -0.1) is 0 Å². The maximum absolute atomic E-state index is 2.43. The average Bonchev–Trinajstić information content (AvgIpc) is 1.55. The van der Waals surface area contributed by atoms with Gasteiger partial charge in [-0.3, -0.25) is 0 Å². The van der Waals surface area contributed by atoms with Gasteiger partial charge in [0, 0.05) is 0 Å². The molecule has 0 saturated carbocycles. The molecule has 0 aromatic heterocycles. The molecule has 1 heteroatoms. The number of hydrogen-bond donors (Lipinski definition) is 0. The molecule has 1 aliphatic rings. The van der Waals surface area contributed by atoms with Crippen LogP contribution in [0.25, 0.3) is 0 Å². The SMILES string of the molecule is CCCC1[B]CC1. The second-order valence-electron chi connectivity index (χ2n) is 2.36. The summed E-state index contributed by atoms with van der Waals surface area (Å²) in [5.41, 5.74) is 0. The van der Waals surface area contributed by atoms with Gasteiger partial charge < -0.3 is 0 Å². The van der Waals surface area contributed by atoms with Crippen molar-refractivity contribution in [3.63, 3.8) is 0 Å². The highest BCUT2D eigenvalue weighted by molar-refractivity contribution is 6.41. The van der Waals surface area contributed by atoms with Gasteiger partial charge in [-0.1, -0.05) is 38.3 Å². The van der Waals surface area contributed by atoms with Crippen LogP contribution in [0.1, 0.15) is 26.2 Å². The summed E-state index contributed by atoms with van der Waals surface area (Å²) >= 11 is 0. The van der Waals surface area contributed by atoms with Crippen LogP contribution in [0, 0.1) is 0 Å². The molecule has 7 heavy (non-hydrogen) atoms. The highest BCUT2D eigenvalue weighted by atomic mass is 14.1. The van der Waals surface area contributed by atoms with Crippen molar-refractivity contribution in [2.24, 2.45) is 0 Å². The Morgan fingerprint density at radius 1 is 1.71 bits per heavy atom. The van der Waals surface area contributed by atoms with Gasteiger partial charge in [-0.2, -0.15) is 0 Å². The Labute approximate surface area is 46.5 Å². The Morgan fingerprint density at radius 3 is 2.57 bits per heavy atom. The van der Waals surface area contributed by atoms with Crippen molar-refractivity contribution in [2.45, 2.75) is 38.3 Å². The number of rotatable bonds is 2. The number of hydrogen-bond acceptors (Lipinski definition) is 0. The molecule has 1 rings (SSSR count). The van der Waals surface area contributed by atoms with E-state index in [2.05, 4.69) is 14.2 Å². The highest BCUT2D eigenvalue weighted by Gasteiger charge is 2.16. The topological polar surface area (TPSA) is 0 Å². The van der Waals surface area contributed by atoms with Crippen molar-refractivity contribution in [1.29, 1.82) is 0 Å². The van der Waals surface area contributed by atoms with E-state index >= 15 is 0 Å². The first-order valence-electron chi connectivity index (χ1n) is 3.27. The first-order chi connectivity index (χ1) is 3.43. The zero-order valence-corrected chi connectivity index (χ0v) is 4.98. The summed E-state index contributed by atoms with van der Waals surface area (Å²) < 4.78 is 0. The molecule has 1 heterocycles. The van der Waals surface area contributed by atoms with Gasteiger partial charge in [0.25, 0.3) is 0 Å². The van der Waals surface area contributed by atoms with Gasteiger partial charge in [0.15, 0.2) is 0 Å². The quantitative estimate of drug-likeness (QED) is 0.460. The second kappa shape index (κ2) is 2.39. The molecular formula is C6H12B. The predicted molar refractivity (Wildman–Crippen MR) is 33.8 cm³/mol. The molecule has 39 valence electrons. The molecule has 1 fully saturated rings. The lowest BCUT2D eigenvalue weighted by Crippen LogP contribution is -2.13. The summed E-state index contributed by atoms with van der Waals surface area (Å²) in [6.45, 7) is 2.26. The fraction of sp³-hybridized carbons (Fsp3) is 1.00. The zero-order valence-electron chi connectivity index (χ0n) is 4.98. The molecule has 1 unspecified atom stereocenters. The summed E-state index contributed by atoms with van der Waals surface area (Å²) in [7, 11) is 2.43. The van der Waals surface area contributed by atoms with E-state index in [1.807, 2.05) is 0 Å². The molecule has 1 atom stereocenters. The van der Waals surface area contributed by atoms with Gasteiger partial charge in [0.2, 0.25) is 0 Å². The van der Waals surface area contributed by atoms with E-state index in [1.54, 1.807) is 0 Å². The minimum absolute atomic E-state index is 1.00. The summed E-state index contributed by atoms with van der Waals surface area (Å²) in [5, 5.41) is 0. The van der Waals surface area contributed by atoms with Crippen LogP contribution in [-0.2, 0) is 0 Å². The molecule has 0 N–H and O–H groups in total. The van der Waals surface area contributed by atoms with E-state index in [1.165, 1.54) is 25.6 Å². The largest absolute Gasteiger partial charge is 0.113 e. The molecule has 1 radical (unpaired) electrons. The molecule has 0 bridgehead atoms. The highest BCUT2D eigenvalue weighted by Crippen LogP contribution is 2.29. The van der Waals surface area contributed by atoms with E-state index < -0.39 is 0 Å². The van der Waals surface area contributed by atoms with Crippen LogP contribution < -0.4 is 0 Å².